The lowest BCUT2D eigenvalue weighted by Crippen LogP contribution is -2.36. The van der Waals surface area contributed by atoms with Crippen LogP contribution in [0.2, 0.25) is 0 Å². The maximum Gasteiger partial charge on any atom is 0.337 e. The fourth-order valence-electron chi connectivity index (χ4n) is 4.04. The third-order valence-corrected chi connectivity index (χ3v) is 7.74. The standard InChI is InChI=1S/C26H27FN4O5S2/c1-30(2)10-11-31(38(4,34)35)22-8-6-18(14-20(22)27)28-24(17-9-12-37-15-17)23-19-7-5-16(26(33)36-3)13-21(19)29-25(23)32/h5-9,12-15,28H,10-11H2,1-4H3,(H,29,32). The number of carbonyl (C=O) groups is 2. The van der Waals surface area contributed by atoms with E-state index in [1.54, 1.807) is 38.4 Å². The normalized spacial score (nSPS) is 14.2. The molecule has 0 atom stereocenters. The lowest BCUT2D eigenvalue weighted by atomic mass is 10.00. The van der Waals surface area contributed by atoms with Gasteiger partial charge in [-0.3, -0.25) is 9.10 Å². The number of hydrogen-bond acceptors (Lipinski definition) is 8. The molecule has 0 saturated carbocycles. The Morgan fingerprint density at radius 1 is 1.11 bits per heavy atom. The Balaban J connectivity index is 1.75. The number of halogens is 1. The van der Waals surface area contributed by atoms with Crippen molar-refractivity contribution in [1.29, 1.82) is 0 Å². The molecule has 0 unspecified atom stereocenters. The number of ether oxygens (including phenoxy) is 1. The number of benzene rings is 2. The molecule has 4 rings (SSSR count). The molecule has 200 valence electrons. The first-order chi connectivity index (χ1) is 18.0. The zero-order chi connectivity index (χ0) is 27.6. The van der Waals surface area contributed by atoms with Crippen molar-refractivity contribution in [3.8, 4) is 0 Å². The lowest BCUT2D eigenvalue weighted by molar-refractivity contribution is -0.110. The molecule has 38 heavy (non-hydrogen) atoms. The fourth-order valence-corrected chi connectivity index (χ4v) is 5.60. The van der Waals surface area contributed by atoms with E-state index in [9.17, 15) is 18.0 Å². The number of nitrogens with one attached hydrogen (secondary N) is 2. The van der Waals surface area contributed by atoms with Crippen LogP contribution in [0.3, 0.4) is 0 Å². The van der Waals surface area contributed by atoms with Crippen molar-refractivity contribution < 1.29 is 27.1 Å². The first kappa shape index (κ1) is 27.3. The summed E-state index contributed by atoms with van der Waals surface area (Å²) in [7, 11) is 1.16. The van der Waals surface area contributed by atoms with Gasteiger partial charge in [0.1, 0.15) is 5.82 Å². The Labute approximate surface area is 224 Å². The highest BCUT2D eigenvalue weighted by Crippen LogP contribution is 2.39. The summed E-state index contributed by atoms with van der Waals surface area (Å²) in [5.74, 6) is -1.65. The first-order valence-electron chi connectivity index (χ1n) is 11.5. The second kappa shape index (κ2) is 10.9. The molecule has 0 bridgehead atoms. The van der Waals surface area contributed by atoms with Crippen LogP contribution in [0.25, 0.3) is 11.3 Å². The minimum absolute atomic E-state index is 0.0658. The molecule has 1 amide bonds. The number of methoxy groups -OCH3 is 1. The van der Waals surface area contributed by atoms with Gasteiger partial charge in [0, 0.05) is 35.3 Å². The van der Waals surface area contributed by atoms with Crippen LogP contribution in [0.1, 0.15) is 21.5 Å². The second-order valence-corrected chi connectivity index (χ2v) is 11.6. The van der Waals surface area contributed by atoms with Gasteiger partial charge < -0.3 is 20.3 Å². The Bertz CT molecular complexity index is 1520. The van der Waals surface area contributed by atoms with Crippen LogP contribution in [0.15, 0.2) is 53.2 Å². The second-order valence-electron chi connectivity index (χ2n) is 8.90. The van der Waals surface area contributed by atoms with Crippen molar-refractivity contribution in [2.24, 2.45) is 0 Å². The summed E-state index contributed by atoms with van der Waals surface area (Å²) < 4.78 is 45.8. The molecule has 9 nitrogen and oxygen atoms in total. The molecule has 0 saturated heterocycles. The molecule has 2 aromatic carbocycles. The quantitative estimate of drug-likeness (QED) is 0.303. The number of nitrogens with zero attached hydrogens (tertiary/aromatic N) is 2. The van der Waals surface area contributed by atoms with Gasteiger partial charge in [0.2, 0.25) is 10.0 Å². The third-order valence-electron chi connectivity index (χ3n) is 5.88. The largest absolute Gasteiger partial charge is 0.465 e. The minimum atomic E-state index is -3.72. The van der Waals surface area contributed by atoms with Crippen LogP contribution in [0.4, 0.5) is 21.5 Å². The Morgan fingerprint density at radius 2 is 1.87 bits per heavy atom. The number of amides is 1. The molecule has 0 spiro atoms. The van der Waals surface area contributed by atoms with Crippen LogP contribution in [-0.2, 0) is 19.6 Å². The maximum absolute atomic E-state index is 15.3. The van der Waals surface area contributed by atoms with Crippen molar-refractivity contribution in [2.75, 3.05) is 55.5 Å². The number of esters is 1. The number of fused-ring (bicyclic) bond motifs is 1. The molecule has 0 fully saturated rings. The van der Waals surface area contributed by atoms with Gasteiger partial charge in [0.05, 0.1) is 41.6 Å². The Hall–Kier alpha value is -3.74. The van der Waals surface area contributed by atoms with E-state index >= 15 is 4.39 Å². The van der Waals surface area contributed by atoms with Gasteiger partial charge >= 0.3 is 5.97 Å². The molecule has 2 heterocycles. The van der Waals surface area contributed by atoms with Crippen LogP contribution in [-0.4, -0.2) is 65.7 Å². The van der Waals surface area contributed by atoms with Crippen molar-refractivity contribution in [2.45, 2.75) is 0 Å². The van der Waals surface area contributed by atoms with Crippen molar-refractivity contribution in [1.82, 2.24) is 4.90 Å². The third kappa shape index (κ3) is 5.72. The smallest absolute Gasteiger partial charge is 0.337 e. The van der Waals surface area contributed by atoms with Gasteiger partial charge in [-0.1, -0.05) is 6.07 Å². The fraction of sp³-hybridized carbons (Fsp3) is 0.231. The molecule has 0 aliphatic carbocycles. The highest BCUT2D eigenvalue weighted by atomic mass is 32.2. The van der Waals surface area contributed by atoms with Gasteiger partial charge in [-0.25, -0.2) is 17.6 Å². The van der Waals surface area contributed by atoms with Gasteiger partial charge in [-0.05, 0) is 55.9 Å². The number of hydrogen-bond donors (Lipinski definition) is 2. The number of thiophene rings is 1. The van der Waals surface area contributed by atoms with E-state index in [0.717, 1.165) is 10.6 Å². The van der Waals surface area contributed by atoms with Gasteiger partial charge in [0.15, 0.2) is 0 Å². The van der Waals surface area contributed by atoms with Crippen LogP contribution >= 0.6 is 11.3 Å². The Morgan fingerprint density at radius 3 is 2.47 bits per heavy atom. The van der Waals surface area contributed by atoms with E-state index < -0.39 is 21.8 Å². The van der Waals surface area contributed by atoms with Crippen molar-refractivity contribution in [3.05, 3.63) is 75.7 Å². The predicted molar refractivity (Wildman–Crippen MR) is 148 cm³/mol. The molecule has 12 heteroatoms. The summed E-state index contributed by atoms with van der Waals surface area (Å²) in [6.07, 6.45) is 1.04. The average molecular weight is 559 g/mol. The summed E-state index contributed by atoms with van der Waals surface area (Å²) in [4.78, 5) is 26.8. The van der Waals surface area contributed by atoms with Crippen molar-refractivity contribution >= 4 is 61.6 Å². The summed E-state index contributed by atoms with van der Waals surface area (Å²) in [5.41, 5.74) is 3.04. The van der Waals surface area contributed by atoms with Crippen LogP contribution < -0.4 is 14.9 Å². The molecule has 2 N–H and O–H groups in total. The van der Waals surface area contributed by atoms with Gasteiger partial charge in [-0.2, -0.15) is 11.3 Å². The number of rotatable bonds is 9. The van der Waals surface area contributed by atoms with E-state index in [-0.39, 0.29) is 18.1 Å². The van der Waals surface area contributed by atoms with E-state index in [4.69, 9.17) is 4.74 Å². The molecule has 0 radical (unpaired) electrons. The monoisotopic (exact) mass is 558 g/mol. The first-order valence-corrected chi connectivity index (χ1v) is 14.3. The summed E-state index contributed by atoms with van der Waals surface area (Å²) >= 11 is 1.43. The average Bonchev–Trinajstić information content (AvgIpc) is 3.49. The predicted octanol–water partition coefficient (Wildman–Crippen LogP) is 3.93. The summed E-state index contributed by atoms with van der Waals surface area (Å²) in [5, 5.41) is 9.63. The zero-order valence-corrected chi connectivity index (χ0v) is 22.9. The highest BCUT2D eigenvalue weighted by Gasteiger charge is 2.30. The van der Waals surface area contributed by atoms with E-state index in [1.807, 2.05) is 21.7 Å². The molecular weight excluding hydrogens is 531 g/mol. The maximum atomic E-state index is 15.3. The number of likely N-dealkylation sites (N-methyl/N-ethyl adjacent to an activating group) is 1. The van der Waals surface area contributed by atoms with E-state index in [1.165, 1.54) is 30.6 Å². The Kier molecular flexibility index (Phi) is 7.86. The van der Waals surface area contributed by atoms with Crippen molar-refractivity contribution in [3.63, 3.8) is 0 Å². The molecule has 3 aromatic rings. The summed E-state index contributed by atoms with van der Waals surface area (Å²) in [6.45, 7) is 0.497. The van der Waals surface area contributed by atoms with Gasteiger partial charge in [-0.15, -0.1) is 0 Å². The zero-order valence-electron chi connectivity index (χ0n) is 21.2. The van der Waals surface area contributed by atoms with Crippen LogP contribution in [0, 0.1) is 5.82 Å². The molecular formula is C26H27FN4O5S2. The van der Waals surface area contributed by atoms with Gasteiger partial charge in [0.25, 0.3) is 5.91 Å². The van der Waals surface area contributed by atoms with E-state index in [0.29, 0.717) is 45.9 Å². The summed E-state index contributed by atoms with van der Waals surface area (Å²) in [6, 6.07) is 10.7. The number of sulfonamides is 1. The molecule has 1 aliphatic rings. The number of anilines is 3. The number of carbonyl (C=O) groups excluding carboxylic acids is 2. The topological polar surface area (TPSA) is 108 Å². The van der Waals surface area contributed by atoms with Crippen LogP contribution in [0.5, 0.6) is 0 Å². The molecule has 1 aromatic heterocycles. The van der Waals surface area contributed by atoms with E-state index in [2.05, 4.69) is 10.6 Å². The minimum Gasteiger partial charge on any atom is -0.465 e. The molecule has 1 aliphatic heterocycles. The SMILES string of the molecule is COC(=O)c1ccc2c(c1)NC(=O)C2=C(Nc1ccc(N(CCN(C)C)S(C)(=O)=O)c(F)c1)c1ccsc1. The lowest BCUT2D eigenvalue weighted by Gasteiger charge is -2.25. The highest BCUT2D eigenvalue weighted by molar-refractivity contribution is 7.92.